The fraction of sp³-hybridized carbons (Fsp3) is 0.714. The minimum absolute atomic E-state index is 0.438. The molecule has 0 radical (unpaired) electrons. The van der Waals surface area contributed by atoms with Crippen LogP contribution in [0.25, 0.3) is 0 Å². The number of nitrogens with two attached hydrogens (primary N) is 1. The Morgan fingerprint density at radius 2 is 1.89 bits per heavy atom. The Bertz CT molecular complexity index is 372. The van der Waals surface area contributed by atoms with Gasteiger partial charge in [-0.1, -0.05) is 20.8 Å². The van der Waals surface area contributed by atoms with Crippen LogP contribution in [0.4, 0.5) is 5.82 Å². The minimum Gasteiger partial charge on any atom is -0.382 e. The van der Waals surface area contributed by atoms with Gasteiger partial charge in [-0.2, -0.15) is 0 Å². The van der Waals surface area contributed by atoms with Gasteiger partial charge in [0.25, 0.3) is 0 Å². The summed E-state index contributed by atoms with van der Waals surface area (Å²) >= 11 is 0. The third-order valence-corrected chi connectivity index (χ3v) is 3.92. The van der Waals surface area contributed by atoms with Gasteiger partial charge >= 0.3 is 0 Å². The number of aromatic nitrogens is 2. The number of likely N-dealkylation sites (tertiary alicyclic amines) is 1. The van der Waals surface area contributed by atoms with Gasteiger partial charge in [0.1, 0.15) is 5.82 Å². The van der Waals surface area contributed by atoms with E-state index in [1.54, 1.807) is 12.4 Å². The first kappa shape index (κ1) is 13.3. The van der Waals surface area contributed by atoms with Gasteiger partial charge in [0.15, 0.2) is 0 Å². The van der Waals surface area contributed by atoms with Crippen LogP contribution in [0.15, 0.2) is 12.4 Å². The number of anilines is 1. The van der Waals surface area contributed by atoms with E-state index in [4.69, 9.17) is 5.73 Å². The first-order chi connectivity index (χ1) is 8.45. The lowest BCUT2D eigenvalue weighted by molar-refractivity contribution is 0.107. The number of hydrogen-bond donors (Lipinski definition) is 1. The third kappa shape index (κ3) is 3.42. The SMILES string of the molecule is CC(C)(C)C1CCN(Cc2cnc(N)cn2)CC1. The topological polar surface area (TPSA) is 55.0 Å². The zero-order valence-electron chi connectivity index (χ0n) is 11.7. The van der Waals surface area contributed by atoms with Gasteiger partial charge in [-0.15, -0.1) is 0 Å². The Kier molecular flexibility index (Phi) is 3.85. The van der Waals surface area contributed by atoms with Crippen LogP contribution in [0.1, 0.15) is 39.3 Å². The van der Waals surface area contributed by atoms with Gasteiger partial charge in [-0.05, 0) is 37.3 Å². The highest BCUT2D eigenvalue weighted by molar-refractivity contribution is 5.22. The largest absolute Gasteiger partial charge is 0.382 e. The molecule has 0 amide bonds. The van der Waals surface area contributed by atoms with E-state index in [2.05, 4.69) is 35.6 Å². The maximum atomic E-state index is 5.54. The summed E-state index contributed by atoms with van der Waals surface area (Å²) in [7, 11) is 0. The van der Waals surface area contributed by atoms with Crippen LogP contribution in [-0.4, -0.2) is 28.0 Å². The lowest BCUT2D eigenvalue weighted by atomic mass is 9.75. The molecular weight excluding hydrogens is 224 g/mol. The van der Waals surface area contributed by atoms with Crippen molar-refractivity contribution in [3.63, 3.8) is 0 Å². The number of rotatable bonds is 2. The molecule has 1 aliphatic heterocycles. The highest BCUT2D eigenvalue weighted by atomic mass is 15.1. The molecule has 2 heterocycles. The van der Waals surface area contributed by atoms with Crippen molar-refractivity contribution >= 4 is 5.82 Å². The Labute approximate surface area is 110 Å². The van der Waals surface area contributed by atoms with Gasteiger partial charge in [-0.25, -0.2) is 4.98 Å². The molecule has 4 nitrogen and oxygen atoms in total. The summed E-state index contributed by atoms with van der Waals surface area (Å²) in [6.07, 6.45) is 5.99. The predicted octanol–water partition coefficient (Wildman–Crippen LogP) is 2.32. The fourth-order valence-electron chi connectivity index (χ4n) is 2.63. The highest BCUT2D eigenvalue weighted by Crippen LogP contribution is 2.34. The van der Waals surface area contributed by atoms with E-state index in [0.29, 0.717) is 11.2 Å². The molecule has 2 N–H and O–H groups in total. The Balaban J connectivity index is 1.85. The predicted molar refractivity (Wildman–Crippen MR) is 73.9 cm³/mol. The summed E-state index contributed by atoms with van der Waals surface area (Å²) in [4.78, 5) is 10.9. The maximum Gasteiger partial charge on any atom is 0.141 e. The first-order valence-corrected chi connectivity index (χ1v) is 6.74. The van der Waals surface area contributed by atoms with E-state index in [1.165, 1.54) is 12.8 Å². The van der Waals surface area contributed by atoms with E-state index in [0.717, 1.165) is 31.2 Å². The molecule has 0 aromatic carbocycles. The number of nitrogens with zero attached hydrogens (tertiary/aromatic N) is 3. The second-order valence-corrected chi connectivity index (χ2v) is 6.35. The summed E-state index contributed by atoms with van der Waals surface area (Å²) in [5.41, 5.74) is 6.99. The van der Waals surface area contributed by atoms with Crippen LogP contribution in [-0.2, 0) is 6.54 Å². The average Bonchev–Trinajstić information content (AvgIpc) is 2.32. The summed E-state index contributed by atoms with van der Waals surface area (Å²) < 4.78 is 0. The summed E-state index contributed by atoms with van der Waals surface area (Å²) in [5, 5.41) is 0. The van der Waals surface area contributed by atoms with Crippen LogP contribution in [0.2, 0.25) is 0 Å². The quantitative estimate of drug-likeness (QED) is 0.872. The van der Waals surface area contributed by atoms with Crippen molar-refractivity contribution in [3.05, 3.63) is 18.1 Å². The molecule has 0 unspecified atom stereocenters. The fourth-order valence-corrected chi connectivity index (χ4v) is 2.63. The van der Waals surface area contributed by atoms with Gasteiger partial charge in [-0.3, -0.25) is 9.88 Å². The number of hydrogen-bond acceptors (Lipinski definition) is 4. The molecule has 0 spiro atoms. The van der Waals surface area contributed by atoms with Crippen molar-refractivity contribution in [2.24, 2.45) is 11.3 Å². The lowest BCUT2D eigenvalue weighted by Crippen LogP contribution is -2.37. The molecule has 1 fully saturated rings. The van der Waals surface area contributed by atoms with Crippen molar-refractivity contribution in [2.45, 2.75) is 40.2 Å². The maximum absolute atomic E-state index is 5.54. The van der Waals surface area contributed by atoms with E-state index in [9.17, 15) is 0 Å². The Hall–Kier alpha value is -1.16. The van der Waals surface area contributed by atoms with Crippen LogP contribution in [0.3, 0.4) is 0 Å². The highest BCUT2D eigenvalue weighted by Gasteiger charge is 2.28. The zero-order chi connectivity index (χ0) is 13.2. The van der Waals surface area contributed by atoms with Crippen molar-refractivity contribution in [3.8, 4) is 0 Å². The van der Waals surface area contributed by atoms with Crippen LogP contribution in [0, 0.1) is 11.3 Å². The molecule has 1 saturated heterocycles. The molecule has 4 heteroatoms. The third-order valence-electron chi connectivity index (χ3n) is 3.92. The monoisotopic (exact) mass is 248 g/mol. The van der Waals surface area contributed by atoms with Crippen LogP contribution < -0.4 is 5.73 Å². The van der Waals surface area contributed by atoms with Gasteiger partial charge in [0.2, 0.25) is 0 Å². The molecule has 2 rings (SSSR count). The molecule has 0 saturated carbocycles. The average molecular weight is 248 g/mol. The normalized spacial score (nSPS) is 19.1. The van der Waals surface area contributed by atoms with Crippen molar-refractivity contribution in [1.82, 2.24) is 14.9 Å². The number of nitrogen functional groups attached to an aromatic ring is 1. The van der Waals surface area contributed by atoms with E-state index in [-0.39, 0.29) is 0 Å². The first-order valence-electron chi connectivity index (χ1n) is 6.74. The van der Waals surface area contributed by atoms with Crippen molar-refractivity contribution < 1.29 is 0 Å². The van der Waals surface area contributed by atoms with E-state index < -0.39 is 0 Å². The van der Waals surface area contributed by atoms with Crippen LogP contribution >= 0.6 is 0 Å². The molecule has 1 aromatic heterocycles. The smallest absolute Gasteiger partial charge is 0.141 e. The molecule has 100 valence electrons. The van der Waals surface area contributed by atoms with E-state index >= 15 is 0 Å². The summed E-state index contributed by atoms with van der Waals surface area (Å²) in [5.74, 6) is 1.33. The molecular formula is C14H24N4. The van der Waals surface area contributed by atoms with Gasteiger partial charge in [0, 0.05) is 6.54 Å². The Morgan fingerprint density at radius 3 is 2.39 bits per heavy atom. The molecule has 0 atom stereocenters. The second-order valence-electron chi connectivity index (χ2n) is 6.35. The zero-order valence-corrected chi connectivity index (χ0v) is 11.7. The molecule has 0 aliphatic carbocycles. The Morgan fingerprint density at radius 1 is 1.22 bits per heavy atom. The summed E-state index contributed by atoms with van der Waals surface area (Å²) in [6, 6.07) is 0. The molecule has 1 aliphatic rings. The second kappa shape index (κ2) is 5.22. The van der Waals surface area contributed by atoms with Crippen LogP contribution in [0.5, 0.6) is 0 Å². The van der Waals surface area contributed by atoms with Gasteiger partial charge in [0.05, 0.1) is 18.1 Å². The van der Waals surface area contributed by atoms with Crippen molar-refractivity contribution in [1.29, 1.82) is 0 Å². The standard InChI is InChI=1S/C14H24N4/c1-14(2,3)11-4-6-18(7-5-11)10-12-8-17-13(15)9-16-12/h8-9,11H,4-7,10H2,1-3H3,(H2,15,17). The molecule has 1 aromatic rings. The molecule has 0 bridgehead atoms. The molecule has 18 heavy (non-hydrogen) atoms. The summed E-state index contributed by atoms with van der Waals surface area (Å²) in [6.45, 7) is 10.3. The lowest BCUT2D eigenvalue weighted by Gasteiger charge is -2.38. The van der Waals surface area contributed by atoms with Crippen molar-refractivity contribution in [2.75, 3.05) is 18.8 Å². The van der Waals surface area contributed by atoms with E-state index in [1.807, 2.05) is 0 Å². The number of piperidine rings is 1. The minimum atomic E-state index is 0.438. The van der Waals surface area contributed by atoms with Gasteiger partial charge < -0.3 is 5.73 Å².